The lowest BCUT2D eigenvalue weighted by molar-refractivity contribution is 0.776. The van der Waals surface area contributed by atoms with Gasteiger partial charge in [-0.3, -0.25) is 4.79 Å². The Hall–Kier alpha value is -1.05. The van der Waals surface area contributed by atoms with Crippen LogP contribution in [0.5, 0.6) is 0 Å². The minimum Gasteiger partial charge on any atom is -0.315 e. The van der Waals surface area contributed by atoms with Crippen molar-refractivity contribution < 1.29 is 0 Å². The third-order valence-corrected chi connectivity index (χ3v) is 2.22. The average Bonchev–Trinajstić information content (AvgIpc) is 2.97. The number of hydrogen-bond donors (Lipinski definition) is 0. The van der Waals surface area contributed by atoms with E-state index in [2.05, 4.69) is 0 Å². The third kappa shape index (κ3) is 2.20. The number of pyridine rings is 1. The van der Waals surface area contributed by atoms with Gasteiger partial charge in [0, 0.05) is 18.8 Å². The van der Waals surface area contributed by atoms with E-state index in [0.29, 0.717) is 5.92 Å². The third-order valence-electron chi connectivity index (χ3n) is 2.22. The molecule has 0 atom stereocenters. The summed E-state index contributed by atoms with van der Waals surface area (Å²) < 4.78 is 1.75. The second kappa shape index (κ2) is 4.26. The Morgan fingerprint density at radius 3 is 2.46 bits per heavy atom. The number of aromatic nitrogens is 1. The Morgan fingerprint density at radius 1 is 1.31 bits per heavy atom. The Balaban J connectivity index is 0.000000396. The largest absolute Gasteiger partial charge is 0.315 e. The van der Waals surface area contributed by atoms with Gasteiger partial charge >= 0.3 is 0 Å². The molecule has 0 saturated heterocycles. The molecule has 1 saturated carbocycles. The fourth-order valence-electron chi connectivity index (χ4n) is 1.37. The van der Waals surface area contributed by atoms with Crippen molar-refractivity contribution in [3.63, 3.8) is 0 Å². The maximum atomic E-state index is 11.1. The fourth-order valence-corrected chi connectivity index (χ4v) is 1.37. The molecule has 0 N–H and O–H groups in total. The molecule has 1 heterocycles. The zero-order chi connectivity index (χ0) is 9.84. The predicted octanol–water partition coefficient (Wildman–Crippen LogP) is 2.29. The molecule has 1 aliphatic rings. The second-order valence-electron chi connectivity index (χ2n) is 3.12. The van der Waals surface area contributed by atoms with Gasteiger partial charge in [0.2, 0.25) is 5.56 Å². The lowest BCUT2D eigenvalue weighted by Crippen LogP contribution is -2.17. The molecule has 0 aliphatic heterocycles. The first-order valence-electron chi connectivity index (χ1n) is 4.95. The van der Waals surface area contributed by atoms with E-state index < -0.39 is 0 Å². The van der Waals surface area contributed by atoms with Crippen molar-refractivity contribution in [2.75, 3.05) is 0 Å². The van der Waals surface area contributed by atoms with E-state index in [0.717, 1.165) is 0 Å². The van der Waals surface area contributed by atoms with Gasteiger partial charge in [0.25, 0.3) is 0 Å². The quantitative estimate of drug-likeness (QED) is 0.648. The SMILES string of the molecule is CC.Cn1c(C2CC2)cccc1=O. The highest BCUT2D eigenvalue weighted by atomic mass is 16.1. The van der Waals surface area contributed by atoms with E-state index in [1.165, 1.54) is 18.5 Å². The molecule has 0 bridgehead atoms. The van der Waals surface area contributed by atoms with Crippen LogP contribution in [0.1, 0.15) is 38.3 Å². The van der Waals surface area contributed by atoms with Crippen LogP contribution < -0.4 is 5.56 Å². The van der Waals surface area contributed by atoms with E-state index in [9.17, 15) is 4.79 Å². The van der Waals surface area contributed by atoms with Crippen molar-refractivity contribution in [1.29, 1.82) is 0 Å². The van der Waals surface area contributed by atoms with Crippen molar-refractivity contribution >= 4 is 0 Å². The van der Waals surface area contributed by atoms with Crippen molar-refractivity contribution in [2.45, 2.75) is 32.6 Å². The molecular weight excluding hydrogens is 162 g/mol. The first-order valence-corrected chi connectivity index (χ1v) is 4.95. The molecule has 2 nitrogen and oxygen atoms in total. The predicted molar refractivity (Wildman–Crippen MR) is 55.0 cm³/mol. The summed E-state index contributed by atoms with van der Waals surface area (Å²) in [7, 11) is 1.84. The van der Waals surface area contributed by atoms with Gasteiger partial charge in [-0.1, -0.05) is 19.9 Å². The molecule has 0 aromatic carbocycles. The van der Waals surface area contributed by atoms with E-state index in [4.69, 9.17) is 0 Å². The molecule has 2 rings (SSSR count). The maximum Gasteiger partial charge on any atom is 0.250 e. The van der Waals surface area contributed by atoms with Gasteiger partial charge < -0.3 is 4.57 Å². The molecule has 1 fully saturated rings. The van der Waals surface area contributed by atoms with Gasteiger partial charge in [0.05, 0.1) is 0 Å². The first kappa shape index (κ1) is 10.0. The van der Waals surface area contributed by atoms with Crippen LogP contribution in [0.2, 0.25) is 0 Å². The van der Waals surface area contributed by atoms with Gasteiger partial charge in [-0.25, -0.2) is 0 Å². The lowest BCUT2D eigenvalue weighted by Gasteiger charge is -2.03. The summed E-state index contributed by atoms with van der Waals surface area (Å²) in [6.45, 7) is 4.00. The average molecular weight is 179 g/mol. The van der Waals surface area contributed by atoms with Crippen LogP contribution in [0.3, 0.4) is 0 Å². The molecule has 0 radical (unpaired) electrons. The topological polar surface area (TPSA) is 22.0 Å². The molecule has 1 aromatic rings. The molecule has 0 spiro atoms. The Morgan fingerprint density at radius 2 is 1.92 bits per heavy atom. The zero-order valence-electron chi connectivity index (χ0n) is 8.58. The summed E-state index contributed by atoms with van der Waals surface area (Å²) >= 11 is 0. The first-order chi connectivity index (χ1) is 6.29. The van der Waals surface area contributed by atoms with Crippen LogP contribution in [0, 0.1) is 0 Å². The van der Waals surface area contributed by atoms with Gasteiger partial charge in [0.15, 0.2) is 0 Å². The van der Waals surface area contributed by atoms with Crippen molar-refractivity contribution in [3.8, 4) is 0 Å². The normalized spacial score (nSPS) is 14.7. The molecule has 13 heavy (non-hydrogen) atoms. The summed E-state index contributed by atoms with van der Waals surface area (Å²) in [6, 6.07) is 5.49. The smallest absolute Gasteiger partial charge is 0.250 e. The summed E-state index contributed by atoms with van der Waals surface area (Å²) in [4.78, 5) is 11.1. The van der Waals surface area contributed by atoms with Crippen LogP contribution in [-0.2, 0) is 7.05 Å². The maximum absolute atomic E-state index is 11.1. The highest BCUT2D eigenvalue weighted by Crippen LogP contribution is 2.38. The standard InChI is InChI=1S/C9H11NO.C2H6/c1-10-8(7-5-6-7)3-2-4-9(10)11;1-2/h2-4,7H,5-6H2,1H3;1-2H3. The molecular formula is C11H17NO. The van der Waals surface area contributed by atoms with Crippen LogP contribution in [0.15, 0.2) is 23.0 Å². The van der Waals surface area contributed by atoms with Crippen LogP contribution in [0.25, 0.3) is 0 Å². The summed E-state index contributed by atoms with van der Waals surface area (Å²) in [5.41, 5.74) is 1.30. The van der Waals surface area contributed by atoms with Crippen molar-refractivity contribution in [2.24, 2.45) is 7.05 Å². The van der Waals surface area contributed by atoms with E-state index >= 15 is 0 Å². The Bertz CT molecular complexity index is 323. The van der Waals surface area contributed by atoms with E-state index in [-0.39, 0.29) is 5.56 Å². The van der Waals surface area contributed by atoms with Crippen LogP contribution in [-0.4, -0.2) is 4.57 Å². The van der Waals surface area contributed by atoms with Gasteiger partial charge in [0.1, 0.15) is 0 Å². The number of nitrogens with zero attached hydrogens (tertiary/aromatic N) is 1. The number of hydrogen-bond acceptors (Lipinski definition) is 1. The minimum atomic E-state index is 0.106. The minimum absolute atomic E-state index is 0.106. The van der Waals surface area contributed by atoms with E-state index in [1.54, 1.807) is 10.6 Å². The molecule has 1 aliphatic carbocycles. The molecule has 72 valence electrons. The zero-order valence-corrected chi connectivity index (χ0v) is 8.58. The van der Waals surface area contributed by atoms with Crippen LogP contribution >= 0.6 is 0 Å². The van der Waals surface area contributed by atoms with Crippen molar-refractivity contribution in [1.82, 2.24) is 4.57 Å². The highest BCUT2D eigenvalue weighted by molar-refractivity contribution is 5.16. The molecule has 1 aromatic heterocycles. The molecule has 0 amide bonds. The summed E-state index contributed by atoms with van der Waals surface area (Å²) in [6.07, 6.45) is 2.49. The molecule has 0 unspecified atom stereocenters. The Labute approximate surface area is 79.2 Å². The van der Waals surface area contributed by atoms with Crippen molar-refractivity contribution in [3.05, 3.63) is 34.2 Å². The van der Waals surface area contributed by atoms with Crippen LogP contribution in [0.4, 0.5) is 0 Å². The second-order valence-corrected chi connectivity index (χ2v) is 3.12. The monoisotopic (exact) mass is 179 g/mol. The fraction of sp³-hybridized carbons (Fsp3) is 0.545. The highest BCUT2D eigenvalue weighted by Gasteiger charge is 2.25. The van der Waals surface area contributed by atoms with Gasteiger partial charge in [-0.05, 0) is 24.8 Å². The van der Waals surface area contributed by atoms with Gasteiger partial charge in [-0.2, -0.15) is 0 Å². The number of rotatable bonds is 1. The summed E-state index contributed by atoms with van der Waals surface area (Å²) in [5, 5.41) is 0. The lowest BCUT2D eigenvalue weighted by atomic mass is 10.2. The molecule has 2 heteroatoms. The Kier molecular flexibility index (Phi) is 3.29. The summed E-state index contributed by atoms with van der Waals surface area (Å²) in [5.74, 6) is 0.661. The van der Waals surface area contributed by atoms with E-state index in [1.807, 2.05) is 33.0 Å². The van der Waals surface area contributed by atoms with Gasteiger partial charge in [-0.15, -0.1) is 0 Å².